The third-order valence-electron chi connectivity index (χ3n) is 4.82. The summed E-state index contributed by atoms with van der Waals surface area (Å²) in [5.41, 5.74) is 18.7. The summed E-state index contributed by atoms with van der Waals surface area (Å²) in [6.45, 7) is 0. The second-order valence-corrected chi connectivity index (χ2v) is 7.02. The van der Waals surface area contributed by atoms with E-state index in [0.717, 1.165) is 56.1 Å². The first kappa shape index (κ1) is 17.0. The van der Waals surface area contributed by atoms with Gasteiger partial charge in [0.25, 0.3) is 0 Å². The molecule has 1 heterocycles. The summed E-state index contributed by atoms with van der Waals surface area (Å²) in [6.07, 6.45) is 0. The van der Waals surface area contributed by atoms with Crippen LogP contribution in [0.2, 0.25) is 0 Å². The Kier molecular flexibility index (Phi) is 3.99. The molecule has 0 spiro atoms. The van der Waals surface area contributed by atoms with E-state index in [1.54, 1.807) is 0 Å². The van der Waals surface area contributed by atoms with Gasteiger partial charge in [0.2, 0.25) is 0 Å². The highest BCUT2D eigenvalue weighted by Crippen LogP contribution is 2.34. The molecule has 0 aliphatic heterocycles. The van der Waals surface area contributed by atoms with Crippen LogP contribution in [-0.4, -0.2) is 0 Å². The maximum Gasteiger partial charge on any atom is 0.135 e. The highest BCUT2D eigenvalue weighted by atomic mass is 16.3. The minimum absolute atomic E-state index is 0.724. The summed E-state index contributed by atoms with van der Waals surface area (Å²) < 4.78 is 6.01. The number of nitrogen functional groups attached to an aromatic ring is 2. The van der Waals surface area contributed by atoms with E-state index in [-0.39, 0.29) is 0 Å². The lowest BCUT2D eigenvalue weighted by Gasteiger charge is -2.08. The molecule has 0 fully saturated rings. The Hall–Kier alpha value is -4.12. The van der Waals surface area contributed by atoms with Crippen molar-refractivity contribution < 1.29 is 4.42 Å². The summed E-state index contributed by atoms with van der Waals surface area (Å²) in [6, 6.07) is 27.5. The molecule has 29 heavy (non-hydrogen) atoms. The predicted octanol–water partition coefficient (Wildman–Crippen LogP) is 6.24. The van der Waals surface area contributed by atoms with Gasteiger partial charge in [-0.3, -0.25) is 0 Å². The van der Waals surface area contributed by atoms with Crippen molar-refractivity contribution in [2.45, 2.75) is 0 Å². The van der Waals surface area contributed by atoms with Crippen LogP contribution in [0.4, 0.5) is 34.1 Å². The molecule has 0 aliphatic carbocycles. The van der Waals surface area contributed by atoms with Crippen molar-refractivity contribution in [1.29, 1.82) is 0 Å². The van der Waals surface area contributed by atoms with E-state index in [1.165, 1.54) is 0 Å². The SMILES string of the molecule is Nc1cccc(Nc2ccc3oc4ccc(Nc5cccc(N)c5)cc4c3c2)c1. The van der Waals surface area contributed by atoms with E-state index in [2.05, 4.69) is 22.8 Å². The first-order valence-corrected chi connectivity index (χ1v) is 9.35. The topological polar surface area (TPSA) is 89.2 Å². The molecule has 0 atom stereocenters. The lowest BCUT2D eigenvalue weighted by atomic mass is 10.1. The van der Waals surface area contributed by atoms with Gasteiger partial charge < -0.3 is 26.5 Å². The van der Waals surface area contributed by atoms with Crippen molar-refractivity contribution in [2.75, 3.05) is 22.1 Å². The summed E-state index contributed by atoms with van der Waals surface area (Å²) in [5, 5.41) is 8.89. The van der Waals surface area contributed by atoms with E-state index in [4.69, 9.17) is 15.9 Å². The van der Waals surface area contributed by atoms with Crippen LogP contribution in [0, 0.1) is 0 Å². The smallest absolute Gasteiger partial charge is 0.135 e. The molecular weight excluding hydrogens is 360 g/mol. The normalized spacial score (nSPS) is 11.0. The number of nitrogens with two attached hydrogens (primary N) is 2. The predicted molar refractivity (Wildman–Crippen MR) is 122 cm³/mol. The van der Waals surface area contributed by atoms with Crippen LogP contribution in [0.5, 0.6) is 0 Å². The third kappa shape index (κ3) is 3.41. The number of nitrogens with one attached hydrogen (secondary N) is 2. The van der Waals surface area contributed by atoms with Gasteiger partial charge >= 0.3 is 0 Å². The van der Waals surface area contributed by atoms with Crippen molar-refractivity contribution >= 4 is 56.1 Å². The fourth-order valence-corrected chi connectivity index (χ4v) is 3.50. The number of hydrogen-bond donors (Lipinski definition) is 4. The average Bonchev–Trinajstić information content (AvgIpc) is 3.06. The molecular formula is C24H20N4O. The van der Waals surface area contributed by atoms with E-state index in [1.807, 2.05) is 72.8 Å². The van der Waals surface area contributed by atoms with Crippen LogP contribution in [0.3, 0.4) is 0 Å². The fourth-order valence-electron chi connectivity index (χ4n) is 3.50. The number of anilines is 6. The number of rotatable bonds is 4. The Labute approximate surface area is 167 Å². The number of furan rings is 1. The zero-order valence-corrected chi connectivity index (χ0v) is 15.6. The van der Waals surface area contributed by atoms with Crippen LogP contribution in [0.1, 0.15) is 0 Å². The van der Waals surface area contributed by atoms with Gasteiger partial charge in [0.15, 0.2) is 0 Å². The van der Waals surface area contributed by atoms with Gasteiger partial charge in [-0.25, -0.2) is 0 Å². The molecule has 0 saturated heterocycles. The Morgan fingerprint density at radius 3 is 1.41 bits per heavy atom. The summed E-state index contributed by atoms with van der Waals surface area (Å²) >= 11 is 0. The van der Waals surface area contributed by atoms with Crippen LogP contribution < -0.4 is 22.1 Å². The molecule has 0 radical (unpaired) electrons. The van der Waals surface area contributed by atoms with E-state index >= 15 is 0 Å². The average molecular weight is 380 g/mol. The van der Waals surface area contributed by atoms with Gasteiger partial charge in [-0.1, -0.05) is 12.1 Å². The molecule has 0 bridgehead atoms. The van der Waals surface area contributed by atoms with Gasteiger partial charge in [0.1, 0.15) is 11.2 Å². The lowest BCUT2D eigenvalue weighted by molar-refractivity contribution is 0.669. The molecule has 5 aromatic rings. The van der Waals surface area contributed by atoms with E-state index in [0.29, 0.717) is 0 Å². The minimum atomic E-state index is 0.724. The Morgan fingerprint density at radius 2 is 0.966 bits per heavy atom. The Bertz CT molecular complexity index is 1240. The fraction of sp³-hybridized carbons (Fsp3) is 0. The zero-order valence-electron chi connectivity index (χ0n) is 15.6. The molecule has 4 aromatic carbocycles. The Morgan fingerprint density at radius 1 is 0.517 bits per heavy atom. The monoisotopic (exact) mass is 380 g/mol. The van der Waals surface area contributed by atoms with E-state index in [9.17, 15) is 0 Å². The molecule has 5 rings (SSSR count). The number of fused-ring (bicyclic) bond motifs is 3. The van der Waals surface area contributed by atoms with Crippen LogP contribution >= 0.6 is 0 Å². The first-order chi connectivity index (χ1) is 14.1. The lowest BCUT2D eigenvalue weighted by Crippen LogP contribution is -1.92. The molecule has 6 N–H and O–H groups in total. The Balaban J connectivity index is 1.52. The maximum absolute atomic E-state index is 6.01. The number of benzene rings is 4. The second kappa shape index (κ2) is 6.80. The van der Waals surface area contributed by atoms with Gasteiger partial charge in [0.05, 0.1) is 0 Å². The first-order valence-electron chi connectivity index (χ1n) is 9.35. The number of hydrogen-bond acceptors (Lipinski definition) is 5. The zero-order chi connectivity index (χ0) is 19.8. The molecule has 0 unspecified atom stereocenters. The maximum atomic E-state index is 6.01. The second-order valence-electron chi connectivity index (χ2n) is 7.02. The molecule has 0 saturated carbocycles. The molecule has 0 amide bonds. The van der Waals surface area contributed by atoms with Gasteiger partial charge in [-0.2, -0.15) is 0 Å². The van der Waals surface area contributed by atoms with Crippen molar-refractivity contribution in [1.82, 2.24) is 0 Å². The molecule has 1 aromatic heterocycles. The van der Waals surface area contributed by atoms with Crippen molar-refractivity contribution in [3.63, 3.8) is 0 Å². The van der Waals surface area contributed by atoms with Gasteiger partial charge in [0, 0.05) is 44.9 Å². The summed E-state index contributed by atoms with van der Waals surface area (Å²) in [7, 11) is 0. The minimum Gasteiger partial charge on any atom is -0.456 e. The molecule has 0 aliphatic rings. The van der Waals surface area contributed by atoms with Crippen LogP contribution in [0.15, 0.2) is 89.3 Å². The largest absolute Gasteiger partial charge is 0.456 e. The highest BCUT2D eigenvalue weighted by Gasteiger charge is 2.09. The van der Waals surface area contributed by atoms with Crippen LogP contribution in [-0.2, 0) is 0 Å². The third-order valence-corrected chi connectivity index (χ3v) is 4.82. The highest BCUT2D eigenvalue weighted by molar-refractivity contribution is 6.07. The summed E-state index contributed by atoms with van der Waals surface area (Å²) in [5.74, 6) is 0. The van der Waals surface area contributed by atoms with Crippen molar-refractivity contribution in [3.05, 3.63) is 84.9 Å². The molecule has 5 nitrogen and oxygen atoms in total. The molecule has 142 valence electrons. The van der Waals surface area contributed by atoms with E-state index < -0.39 is 0 Å². The quantitative estimate of drug-likeness (QED) is 0.277. The standard InChI is InChI=1S/C24H20N4O/c25-15-3-1-5-17(11-15)27-19-7-9-23-21(13-19)22-14-20(8-10-24(22)29-23)28-18-6-2-4-16(26)12-18/h1-14,27-28H,25-26H2. The van der Waals surface area contributed by atoms with Gasteiger partial charge in [-0.15, -0.1) is 0 Å². The van der Waals surface area contributed by atoms with Crippen molar-refractivity contribution in [3.8, 4) is 0 Å². The summed E-state index contributed by atoms with van der Waals surface area (Å²) in [4.78, 5) is 0. The van der Waals surface area contributed by atoms with Crippen LogP contribution in [0.25, 0.3) is 21.9 Å². The van der Waals surface area contributed by atoms with Crippen molar-refractivity contribution in [2.24, 2.45) is 0 Å². The molecule has 5 heteroatoms. The van der Waals surface area contributed by atoms with Gasteiger partial charge in [-0.05, 0) is 72.8 Å².